The Morgan fingerprint density at radius 3 is 3.10 bits per heavy atom. The molecular formula is C13H16N6OS. The summed E-state index contributed by atoms with van der Waals surface area (Å²) in [6.07, 6.45) is 4.86. The quantitative estimate of drug-likeness (QED) is 0.740. The van der Waals surface area contributed by atoms with Crippen molar-refractivity contribution in [2.75, 3.05) is 11.4 Å². The van der Waals surface area contributed by atoms with Gasteiger partial charge >= 0.3 is 0 Å². The molecule has 0 unspecified atom stereocenters. The van der Waals surface area contributed by atoms with Crippen LogP contribution in [0.2, 0.25) is 0 Å². The van der Waals surface area contributed by atoms with Crippen molar-refractivity contribution in [1.29, 1.82) is 0 Å². The van der Waals surface area contributed by atoms with Crippen LogP contribution < -0.4 is 4.90 Å². The molecule has 0 amide bonds. The van der Waals surface area contributed by atoms with Crippen LogP contribution in [0.1, 0.15) is 43.2 Å². The molecule has 0 aliphatic carbocycles. The summed E-state index contributed by atoms with van der Waals surface area (Å²) in [4.78, 5) is 12.1. The van der Waals surface area contributed by atoms with Gasteiger partial charge in [-0.15, -0.1) is 5.10 Å². The van der Waals surface area contributed by atoms with Crippen molar-refractivity contribution in [2.24, 2.45) is 0 Å². The average molecular weight is 304 g/mol. The standard InChI is InChI=1S/C13H16N6OS/c1-3-10-15-11(17-20-10)9-5-4-6-18(9)13-16-19-7-8(2)14-12(19)21-13/h7,9H,3-6H2,1-2H3/t9-/m0/s1. The molecule has 0 saturated carbocycles. The molecule has 1 fully saturated rings. The summed E-state index contributed by atoms with van der Waals surface area (Å²) >= 11 is 1.61. The minimum Gasteiger partial charge on any atom is -0.339 e. The van der Waals surface area contributed by atoms with Gasteiger partial charge in [0.15, 0.2) is 5.82 Å². The van der Waals surface area contributed by atoms with Gasteiger partial charge in [-0.1, -0.05) is 23.4 Å². The van der Waals surface area contributed by atoms with E-state index in [1.54, 1.807) is 11.3 Å². The highest BCUT2D eigenvalue weighted by Gasteiger charge is 2.32. The number of hydrogen-bond donors (Lipinski definition) is 0. The van der Waals surface area contributed by atoms with Gasteiger partial charge in [0.1, 0.15) is 0 Å². The molecule has 3 aromatic rings. The topological polar surface area (TPSA) is 72.4 Å². The maximum absolute atomic E-state index is 5.25. The van der Waals surface area contributed by atoms with Crippen molar-refractivity contribution in [3.05, 3.63) is 23.6 Å². The molecule has 1 aliphatic heterocycles. The van der Waals surface area contributed by atoms with Crippen LogP contribution in [-0.4, -0.2) is 31.3 Å². The van der Waals surface area contributed by atoms with Crippen molar-refractivity contribution < 1.29 is 4.52 Å². The van der Waals surface area contributed by atoms with E-state index in [4.69, 9.17) is 4.52 Å². The lowest BCUT2D eigenvalue weighted by molar-refractivity contribution is 0.373. The zero-order valence-corrected chi connectivity index (χ0v) is 12.8. The first-order valence-corrected chi connectivity index (χ1v) is 7.98. The van der Waals surface area contributed by atoms with Gasteiger partial charge in [0, 0.05) is 13.0 Å². The Kier molecular flexibility index (Phi) is 2.91. The van der Waals surface area contributed by atoms with E-state index >= 15 is 0 Å². The minimum atomic E-state index is 0.158. The Labute approximate surface area is 125 Å². The molecule has 0 aromatic carbocycles. The number of imidazole rings is 1. The fraction of sp³-hybridized carbons (Fsp3) is 0.538. The Hall–Kier alpha value is -1.96. The van der Waals surface area contributed by atoms with Gasteiger partial charge in [-0.05, 0) is 19.8 Å². The van der Waals surface area contributed by atoms with Crippen LogP contribution in [0, 0.1) is 6.92 Å². The van der Waals surface area contributed by atoms with Crippen molar-refractivity contribution in [3.63, 3.8) is 0 Å². The fourth-order valence-corrected chi connectivity index (χ4v) is 3.73. The summed E-state index contributed by atoms with van der Waals surface area (Å²) in [5, 5.41) is 9.73. The second-order valence-electron chi connectivity index (χ2n) is 5.25. The summed E-state index contributed by atoms with van der Waals surface area (Å²) in [5.41, 5.74) is 0.990. The van der Waals surface area contributed by atoms with Gasteiger partial charge in [0.05, 0.1) is 17.9 Å². The highest BCUT2D eigenvalue weighted by molar-refractivity contribution is 7.20. The highest BCUT2D eigenvalue weighted by Crippen LogP contribution is 2.36. The Morgan fingerprint density at radius 1 is 1.43 bits per heavy atom. The molecule has 4 rings (SSSR count). The van der Waals surface area contributed by atoms with E-state index in [0.29, 0.717) is 5.89 Å². The summed E-state index contributed by atoms with van der Waals surface area (Å²) in [6.45, 7) is 4.96. The smallest absolute Gasteiger partial charge is 0.226 e. The zero-order valence-electron chi connectivity index (χ0n) is 12.0. The van der Waals surface area contributed by atoms with E-state index in [-0.39, 0.29) is 6.04 Å². The minimum absolute atomic E-state index is 0.158. The van der Waals surface area contributed by atoms with Crippen LogP contribution in [-0.2, 0) is 6.42 Å². The maximum Gasteiger partial charge on any atom is 0.226 e. The number of anilines is 1. The molecule has 7 nitrogen and oxygen atoms in total. The van der Waals surface area contributed by atoms with E-state index in [1.807, 2.05) is 24.6 Å². The lowest BCUT2D eigenvalue weighted by atomic mass is 10.2. The molecule has 8 heteroatoms. The molecule has 1 saturated heterocycles. The zero-order chi connectivity index (χ0) is 14.4. The van der Waals surface area contributed by atoms with Crippen LogP contribution in [0.4, 0.5) is 5.13 Å². The molecule has 0 bridgehead atoms. The lowest BCUT2D eigenvalue weighted by Crippen LogP contribution is -2.23. The lowest BCUT2D eigenvalue weighted by Gasteiger charge is -2.20. The molecule has 4 heterocycles. The number of fused-ring (bicyclic) bond motifs is 1. The Bertz CT molecular complexity index is 743. The predicted molar refractivity (Wildman–Crippen MR) is 78.6 cm³/mol. The molecule has 0 N–H and O–H groups in total. The fourth-order valence-electron chi connectivity index (χ4n) is 2.73. The van der Waals surface area contributed by atoms with Gasteiger partial charge in [0.25, 0.3) is 0 Å². The molecule has 0 spiro atoms. The molecule has 21 heavy (non-hydrogen) atoms. The number of aryl methyl sites for hydroxylation is 2. The van der Waals surface area contributed by atoms with Gasteiger partial charge in [-0.3, -0.25) is 0 Å². The third kappa shape index (κ3) is 2.10. The van der Waals surface area contributed by atoms with E-state index in [2.05, 4.69) is 25.1 Å². The first-order chi connectivity index (χ1) is 10.2. The van der Waals surface area contributed by atoms with E-state index in [0.717, 1.165) is 47.4 Å². The van der Waals surface area contributed by atoms with Crippen LogP contribution in [0.5, 0.6) is 0 Å². The van der Waals surface area contributed by atoms with E-state index < -0.39 is 0 Å². The van der Waals surface area contributed by atoms with Crippen molar-refractivity contribution in [1.82, 2.24) is 24.7 Å². The van der Waals surface area contributed by atoms with Gasteiger partial charge in [-0.25, -0.2) is 9.50 Å². The van der Waals surface area contributed by atoms with Crippen molar-refractivity contribution in [2.45, 2.75) is 39.2 Å². The van der Waals surface area contributed by atoms with Crippen LogP contribution in [0.15, 0.2) is 10.7 Å². The average Bonchev–Trinajstić information content (AvgIpc) is 3.19. The molecule has 1 atom stereocenters. The Morgan fingerprint density at radius 2 is 2.33 bits per heavy atom. The van der Waals surface area contributed by atoms with Crippen LogP contribution in [0.3, 0.4) is 0 Å². The largest absolute Gasteiger partial charge is 0.339 e. The number of rotatable bonds is 3. The van der Waals surface area contributed by atoms with Crippen molar-refractivity contribution in [3.8, 4) is 0 Å². The monoisotopic (exact) mass is 304 g/mol. The predicted octanol–water partition coefficient (Wildman–Crippen LogP) is 2.39. The summed E-state index contributed by atoms with van der Waals surface area (Å²) in [6, 6.07) is 0.158. The third-order valence-corrected chi connectivity index (χ3v) is 4.70. The molecular weight excluding hydrogens is 288 g/mol. The molecule has 3 aromatic heterocycles. The first-order valence-electron chi connectivity index (χ1n) is 7.16. The summed E-state index contributed by atoms with van der Waals surface area (Å²) in [7, 11) is 0. The number of nitrogens with zero attached hydrogens (tertiary/aromatic N) is 6. The van der Waals surface area contributed by atoms with E-state index in [1.165, 1.54) is 0 Å². The third-order valence-electron chi connectivity index (χ3n) is 3.74. The molecule has 110 valence electrons. The van der Waals surface area contributed by atoms with Crippen LogP contribution in [0.25, 0.3) is 4.96 Å². The van der Waals surface area contributed by atoms with Crippen LogP contribution >= 0.6 is 11.3 Å². The SMILES string of the molecule is CCc1nc([C@@H]2CCCN2c2nn3cc(C)nc3s2)no1. The number of hydrogen-bond acceptors (Lipinski definition) is 7. The summed E-state index contributed by atoms with van der Waals surface area (Å²) in [5.74, 6) is 1.47. The highest BCUT2D eigenvalue weighted by atomic mass is 32.1. The first kappa shape index (κ1) is 12.8. The second-order valence-corrected chi connectivity index (χ2v) is 6.18. The second kappa shape index (κ2) is 4.80. The van der Waals surface area contributed by atoms with Crippen molar-refractivity contribution >= 4 is 21.4 Å². The van der Waals surface area contributed by atoms with E-state index in [9.17, 15) is 0 Å². The Balaban J connectivity index is 1.67. The normalized spacial score (nSPS) is 19.0. The molecule has 0 radical (unpaired) electrons. The number of aromatic nitrogens is 5. The van der Waals surface area contributed by atoms with Gasteiger partial charge in [-0.2, -0.15) is 4.98 Å². The maximum atomic E-state index is 5.25. The molecule has 1 aliphatic rings. The van der Waals surface area contributed by atoms with Gasteiger partial charge in [0.2, 0.25) is 16.0 Å². The van der Waals surface area contributed by atoms with Gasteiger partial charge < -0.3 is 9.42 Å². The summed E-state index contributed by atoms with van der Waals surface area (Å²) < 4.78 is 7.09.